The summed E-state index contributed by atoms with van der Waals surface area (Å²) < 4.78 is 37.6. The van der Waals surface area contributed by atoms with Crippen LogP contribution in [0.25, 0.3) is 0 Å². The fourth-order valence-electron chi connectivity index (χ4n) is 7.23. The summed E-state index contributed by atoms with van der Waals surface area (Å²) in [4.78, 5) is 55.6. The van der Waals surface area contributed by atoms with E-state index < -0.39 is 45.7 Å². The molecule has 14 nitrogen and oxygen atoms in total. The van der Waals surface area contributed by atoms with Crippen LogP contribution < -0.4 is 15.4 Å². The minimum atomic E-state index is -3.68. The highest BCUT2D eigenvalue weighted by Gasteiger charge is 2.38. The maximum Gasteiger partial charge on any atom is 0.508 e. The minimum Gasteiger partial charge on any atom is -0.431 e. The van der Waals surface area contributed by atoms with Crippen LogP contribution >= 0.6 is 0 Å². The molecule has 1 aliphatic carbocycles. The Bertz CT molecular complexity index is 1480. The first-order chi connectivity index (χ1) is 24.1. The first-order valence-corrected chi connectivity index (χ1v) is 20.1. The van der Waals surface area contributed by atoms with Crippen molar-refractivity contribution in [2.45, 2.75) is 116 Å². The number of nitrogens with zero attached hydrogens (tertiary/aromatic N) is 2. The van der Waals surface area contributed by atoms with Crippen LogP contribution in [0.15, 0.2) is 30.3 Å². The Morgan fingerprint density at radius 1 is 0.961 bits per heavy atom. The van der Waals surface area contributed by atoms with Gasteiger partial charge in [0, 0.05) is 31.6 Å². The van der Waals surface area contributed by atoms with E-state index in [4.69, 9.17) is 14.9 Å². The van der Waals surface area contributed by atoms with E-state index in [-0.39, 0.29) is 42.6 Å². The van der Waals surface area contributed by atoms with Gasteiger partial charge >= 0.3 is 6.16 Å². The van der Waals surface area contributed by atoms with Crippen molar-refractivity contribution in [1.29, 1.82) is 5.41 Å². The largest absolute Gasteiger partial charge is 0.508 e. The number of sulfonamides is 1. The molecule has 3 amide bonds. The molecule has 1 aromatic carbocycles. The van der Waals surface area contributed by atoms with E-state index in [9.17, 15) is 27.6 Å². The second kappa shape index (κ2) is 18.2. The van der Waals surface area contributed by atoms with Crippen molar-refractivity contribution in [2.24, 2.45) is 11.3 Å². The normalized spacial score (nSPS) is 20.3. The van der Waals surface area contributed by atoms with E-state index in [0.29, 0.717) is 51.9 Å². The van der Waals surface area contributed by atoms with Gasteiger partial charge in [-0.05, 0) is 82.6 Å². The third-order valence-electron chi connectivity index (χ3n) is 10.0. The smallest absolute Gasteiger partial charge is 0.431 e. The summed E-state index contributed by atoms with van der Waals surface area (Å²) in [5, 5.41) is 14.3. The van der Waals surface area contributed by atoms with Crippen molar-refractivity contribution in [1.82, 2.24) is 25.2 Å². The summed E-state index contributed by atoms with van der Waals surface area (Å²) in [6.07, 6.45) is 7.54. The van der Waals surface area contributed by atoms with Crippen molar-refractivity contribution >= 4 is 39.9 Å². The lowest BCUT2D eigenvalue weighted by molar-refractivity contribution is -0.139. The van der Waals surface area contributed by atoms with Crippen LogP contribution in [0.5, 0.6) is 0 Å². The van der Waals surface area contributed by atoms with E-state index in [1.807, 2.05) is 30.3 Å². The third kappa shape index (κ3) is 12.5. The summed E-state index contributed by atoms with van der Waals surface area (Å²) in [7, 11) is -3.68. The number of carbonyl (C=O) groups is 4. The molecule has 3 fully saturated rings. The monoisotopic (exact) mass is 732 g/mol. The highest BCUT2D eigenvalue weighted by Crippen LogP contribution is 2.26. The Balaban J connectivity index is 1.20. The van der Waals surface area contributed by atoms with Gasteiger partial charge in [0.25, 0.3) is 0 Å². The Morgan fingerprint density at radius 2 is 1.63 bits per heavy atom. The van der Waals surface area contributed by atoms with Crippen LogP contribution in [0.2, 0.25) is 0 Å². The lowest BCUT2D eigenvalue weighted by Gasteiger charge is -2.35. The molecule has 0 spiro atoms. The Kier molecular flexibility index (Phi) is 14.3. The highest BCUT2D eigenvalue weighted by atomic mass is 32.2. The molecule has 4 rings (SSSR count). The topological polar surface area (TPSA) is 187 Å². The maximum atomic E-state index is 13.6. The fraction of sp³-hybridized carbons (Fsp3) is 0.694. The van der Waals surface area contributed by atoms with E-state index in [2.05, 4.69) is 15.4 Å². The third-order valence-corrected chi connectivity index (χ3v) is 10.7. The Morgan fingerprint density at radius 3 is 2.27 bits per heavy atom. The summed E-state index contributed by atoms with van der Waals surface area (Å²) in [6, 6.07) is 7.46. The summed E-state index contributed by atoms with van der Waals surface area (Å²) in [6.45, 7) is 7.07. The van der Waals surface area contributed by atoms with Crippen molar-refractivity contribution in [3.63, 3.8) is 0 Å². The maximum absolute atomic E-state index is 13.6. The zero-order valence-corrected chi connectivity index (χ0v) is 31.3. The fourth-order valence-corrected chi connectivity index (χ4v) is 7.94. The molecule has 4 N–H and O–H groups in total. The van der Waals surface area contributed by atoms with Gasteiger partial charge in [0.05, 0.1) is 6.26 Å². The zero-order valence-electron chi connectivity index (χ0n) is 30.4. The number of guanidine groups is 1. The van der Waals surface area contributed by atoms with Crippen LogP contribution in [-0.4, -0.2) is 105 Å². The molecular formula is C36H56N6O8S. The van der Waals surface area contributed by atoms with Gasteiger partial charge in [-0.3, -0.25) is 25.1 Å². The van der Waals surface area contributed by atoms with Gasteiger partial charge in [0.1, 0.15) is 24.3 Å². The molecular weight excluding hydrogens is 676 g/mol. The van der Waals surface area contributed by atoms with Gasteiger partial charge in [-0.25, -0.2) is 17.9 Å². The number of benzene rings is 1. The van der Waals surface area contributed by atoms with Gasteiger partial charge in [0.15, 0.2) is 5.96 Å². The first kappa shape index (κ1) is 40.1. The lowest BCUT2D eigenvalue weighted by Crippen LogP contribution is -2.54. The molecule has 0 bridgehead atoms. The highest BCUT2D eigenvalue weighted by molar-refractivity contribution is 7.88. The lowest BCUT2D eigenvalue weighted by atomic mass is 9.86. The standard InChI is InChI=1S/C36H56N6O8S/c1-25(49-35(46)50-28-14-9-6-10-15-28)23-36(2,3)33(45)39-34(37)41-20-17-27(18-21-41)24-38-31(43)30-16-11-19-42(30)32(44)29(40-51(4,47)48)22-26-12-7-5-8-13-26/h5,7-8,12-13,25,27-30,40H,6,9-11,14-24H2,1-4H3,(H,38,43)(H2,37,39,45)/t25?,29-,30+/m1/s1. The van der Waals surface area contributed by atoms with E-state index in [1.165, 1.54) is 4.90 Å². The van der Waals surface area contributed by atoms with Gasteiger partial charge in [-0.1, -0.05) is 50.6 Å². The predicted octanol–water partition coefficient (Wildman–Crippen LogP) is 3.31. The van der Waals surface area contributed by atoms with Crippen molar-refractivity contribution < 1.29 is 37.1 Å². The molecule has 2 saturated heterocycles. The number of hydrogen-bond acceptors (Lipinski definition) is 9. The quantitative estimate of drug-likeness (QED) is 0.134. The first-order valence-electron chi connectivity index (χ1n) is 18.2. The molecule has 1 aromatic rings. The predicted molar refractivity (Wildman–Crippen MR) is 192 cm³/mol. The van der Waals surface area contributed by atoms with Crippen molar-refractivity contribution in [3.8, 4) is 0 Å². The number of carbonyl (C=O) groups excluding carboxylic acids is 4. The van der Waals surface area contributed by atoms with Crippen LogP contribution in [0.1, 0.15) is 90.5 Å². The molecule has 1 unspecified atom stereocenters. The minimum absolute atomic E-state index is 0.00806. The number of hydrogen-bond donors (Lipinski definition) is 4. The molecule has 51 heavy (non-hydrogen) atoms. The van der Waals surface area contributed by atoms with Crippen LogP contribution in [-0.2, 0) is 40.3 Å². The average Bonchev–Trinajstić information content (AvgIpc) is 3.57. The van der Waals surface area contributed by atoms with Gasteiger partial charge in [-0.2, -0.15) is 0 Å². The molecule has 3 atom stereocenters. The van der Waals surface area contributed by atoms with Crippen LogP contribution in [0.3, 0.4) is 0 Å². The molecule has 0 radical (unpaired) electrons. The molecule has 284 valence electrons. The Hall–Kier alpha value is -3.72. The number of amides is 3. The molecule has 0 aromatic heterocycles. The van der Waals surface area contributed by atoms with E-state index >= 15 is 0 Å². The summed E-state index contributed by atoms with van der Waals surface area (Å²) >= 11 is 0. The SMILES string of the molecule is CC(CC(C)(C)C(=O)NC(=N)N1CCC(CNC(=O)[C@@H]2CCCN2C(=O)[C@@H](Cc2ccccc2)NS(C)(=O)=O)CC1)OC(=O)OC1CCCCC1. The number of rotatable bonds is 13. The number of likely N-dealkylation sites (tertiary alicyclic amines) is 2. The van der Waals surface area contributed by atoms with Crippen LogP contribution in [0, 0.1) is 16.7 Å². The number of ether oxygens (including phenoxy) is 2. The molecule has 15 heteroatoms. The molecule has 1 saturated carbocycles. The molecule has 3 aliphatic rings. The second-order valence-corrected chi connectivity index (χ2v) is 16.7. The number of nitrogens with one attached hydrogen (secondary N) is 4. The van der Waals surface area contributed by atoms with Gasteiger partial charge in [0.2, 0.25) is 27.7 Å². The molecule has 2 heterocycles. The average molecular weight is 733 g/mol. The van der Waals surface area contributed by atoms with Crippen molar-refractivity contribution in [2.75, 3.05) is 32.4 Å². The Labute approximate surface area is 302 Å². The summed E-state index contributed by atoms with van der Waals surface area (Å²) in [5.74, 6) is -0.859. The summed E-state index contributed by atoms with van der Waals surface area (Å²) in [5.41, 5.74) is -0.0975. The van der Waals surface area contributed by atoms with Crippen molar-refractivity contribution in [3.05, 3.63) is 35.9 Å². The number of piperidine rings is 1. The van der Waals surface area contributed by atoms with Gasteiger partial charge in [-0.15, -0.1) is 0 Å². The van der Waals surface area contributed by atoms with E-state index in [1.54, 1.807) is 25.7 Å². The van der Waals surface area contributed by atoms with Gasteiger partial charge < -0.3 is 24.6 Å². The van der Waals surface area contributed by atoms with Crippen LogP contribution in [0.4, 0.5) is 4.79 Å². The second-order valence-electron chi connectivity index (χ2n) is 14.9. The van der Waals surface area contributed by atoms with E-state index in [0.717, 1.165) is 43.9 Å². The zero-order chi connectivity index (χ0) is 37.2. The molecule has 2 aliphatic heterocycles.